The highest BCUT2D eigenvalue weighted by Crippen LogP contribution is 2.07. The molecule has 0 aliphatic carbocycles. The van der Waals surface area contributed by atoms with Crippen molar-refractivity contribution in [2.75, 3.05) is 6.54 Å². The third kappa shape index (κ3) is 4.61. The van der Waals surface area contributed by atoms with Crippen LogP contribution in [0.15, 0.2) is 6.33 Å². The summed E-state index contributed by atoms with van der Waals surface area (Å²) in [5.41, 5.74) is -0.139. The second-order valence-corrected chi connectivity index (χ2v) is 5.09. The molecule has 0 atom stereocenters. The van der Waals surface area contributed by atoms with Crippen molar-refractivity contribution in [3.05, 3.63) is 17.7 Å². The van der Waals surface area contributed by atoms with Gasteiger partial charge in [-0.15, -0.1) is 0 Å². The van der Waals surface area contributed by atoms with E-state index in [0.29, 0.717) is 18.8 Å². The fourth-order valence-electron chi connectivity index (χ4n) is 1.46. The van der Waals surface area contributed by atoms with Gasteiger partial charge in [-0.1, -0.05) is 0 Å². The smallest absolute Gasteiger partial charge is 0.407 e. The monoisotopic (exact) mass is 268 g/mol. The molecule has 0 fully saturated rings. The Balaban J connectivity index is 2.46. The highest BCUT2D eigenvalue weighted by atomic mass is 16.6. The minimum Gasteiger partial charge on any atom is -0.543 e. The van der Waals surface area contributed by atoms with Gasteiger partial charge in [-0.3, -0.25) is 0 Å². The Labute approximate surface area is 111 Å². The zero-order valence-electron chi connectivity index (χ0n) is 11.5. The summed E-state index contributed by atoms with van der Waals surface area (Å²) in [6.07, 6.45) is 0.891. The molecule has 1 heterocycles. The molecule has 0 bridgehead atoms. The lowest BCUT2D eigenvalue weighted by Gasteiger charge is -2.19. The van der Waals surface area contributed by atoms with Gasteiger partial charge in [0.25, 0.3) is 0 Å². The van der Waals surface area contributed by atoms with Crippen LogP contribution in [-0.2, 0) is 11.3 Å². The van der Waals surface area contributed by atoms with Gasteiger partial charge >= 0.3 is 6.09 Å². The van der Waals surface area contributed by atoms with Crippen LogP contribution in [-0.4, -0.2) is 33.8 Å². The lowest BCUT2D eigenvalue weighted by molar-refractivity contribution is -0.255. The van der Waals surface area contributed by atoms with Crippen LogP contribution in [0.4, 0.5) is 4.79 Å². The van der Waals surface area contributed by atoms with E-state index >= 15 is 0 Å². The van der Waals surface area contributed by atoms with E-state index in [1.807, 2.05) is 0 Å². The van der Waals surface area contributed by atoms with Crippen molar-refractivity contribution in [3.8, 4) is 0 Å². The third-order valence-corrected chi connectivity index (χ3v) is 2.31. The molecule has 0 spiro atoms. The molecule has 0 aliphatic heterocycles. The first kappa shape index (κ1) is 15.0. The van der Waals surface area contributed by atoms with Crippen molar-refractivity contribution in [1.82, 2.24) is 14.9 Å². The molecule has 19 heavy (non-hydrogen) atoms. The minimum absolute atomic E-state index is 0.0859. The number of aromatic nitrogens is 2. The first-order chi connectivity index (χ1) is 8.70. The van der Waals surface area contributed by atoms with Gasteiger partial charge in [-0.05, 0) is 27.7 Å². The molecular formula is C12H18N3O4-. The first-order valence-corrected chi connectivity index (χ1v) is 5.90. The topological polar surface area (TPSA) is 96.3 Å². The molecule has 106 valence electrons. The SMILES string of the molecule is Cc1c(C(=O)[O-])ncn1CCNC(=O)OC(C)(C)C. The summed E-state index contributed by atoms with van der Waals surface area (Å²) >= 11 is 0. The zero-order valence-corrected chi connectivity index (χ0v) is 11.5. The lowest BCUT2D eigenvalue weighted by atomic mass is 10.2. The summed E-state index contributed by atoms with van der Waals surface area (Å²) in [6.45, 7) is 7.69. The van der Waals surface area contributed by atoms with Gasteiger partial charge < -0.3 is 24.5 Å². The molecule has 0 aromatic carbocycles. The molecule has 7 nitrogen and oxygen atoms in total. The number of nitrogens with zero attached hydrogens (tertiary/aromatic N) is 2. The Morgan fingerprint density at radius 3 is 2.58 bits per heavy atom. The standard InChI is InChI=1S/C12H19N3O4/c1-8-9(10(16)17)14-7-15(8)6-5-13-11(18)19-12(2,3)4/h7H,5-6H2,1-4H3,(H,13,18)(H,16,17)/p-1. The van der Waals surface area contributed by atoms with Gasteiger partial charge in [-0.2, -0.15) is 0 Å². The number of amides is 1. The van der Waals surface area contributed by atoms with E-state index in [0.717, 1.165) is 0 Å². The molecule has 1 N–H and O–H groups in total. The van der Waals surface area contributed by atoms with E-state index in [2.05, 4.69) is 10.3 Å². The number of alkyl carbamates (subject to hydrolysis) is 1. The Hall–Kier alpha value is -2.05. The van der Waals surface area contributed by atoms with Crippen molar-refractivity contribution in [2.24, 2.45) is 0 Å². The lowest BCUT2D eigenvalue weighted by Crippen LogP contribution is -2.34. The average Bonchev–Trinajstić information content (AvgIpc) is 2.57. The Morgan fingerprint density at radius 2 is 2.11 bits per heavy atom. The molecule has 7 heteroatoms. The minimum atomic E-state index is -1.31. The number of carboxylic acid groups (broad SMARTS) is 1. The van der Waals surface area contributed by atoms with E-state index in [4.69, 9.17) is 4.74 Å². The Kier molecular flexibility index (Phi) is 4.52. The molecule has 0 saturated carbocycles. The summed E-state index contributed by atoms with van der Waals surface area (Å²) < 4.78 is 6.70. The average molecular weight is 268 g/mol. The predicted octanol–water partition coefficient (Wildman–Crippen LogP) is 0.0797. The highest BCUT2D eigenvalue weighted by Gasteiger charge is 2.15. The highest BCUT2D eigenvalue weighted by molar-refractivity contribution is 5.84. The maximum Gasteiger partial charge on any atom is 0.407 e. The number of ether oxygens (including phenoxy) is 1. The summed E-state index contributed by atoms with van der Waals surface area (Å²) in [5, 5.41) is 13.3. The number of carbonyl (C=O) groups is 2. The summed E-state index contributed by atoms with van der Waals surface area (Å²) in [5.74, 6) is -1.31. The van der Waals surface area contributed by atoms with E-state index in [-0.39, 0.29) is 5.69 Å². The van der Waals surface area contributed by atoms with Crippen molar-refractivity contribution >= 4 is 12.1 Å². The van der Waals surface area contributed by atoms with Gasteiger partial charge in [0, 0.05) is 18.8 Å². The Bertz CT molecular complexity index is 474. The molecular weight excluding hydrogens is 250 g/mol. The van der Waals surface area contributed by atoms with E-state index in [9.17, 15) is 14.7 Å². The second kappa shape index (κ2) is 5.73. The van der Waals surface area contributed by atoms with Crippen LogP contribution >= 0.6 is 0 Å². The van der Waals surface area contributed by atoms with Crippen LogP contribution in [0, 0.1) is 6.92 Å². The number of carbonyl (C=O) groups excluding carboxylic acids is 2. The van der Waals surface area contributed by atoms with Gasteiger partial charge in [0.2, 0.25) is 0 Å². The fourth-order valence-corrected chi connectivity index (χ4v) is 1.46. The Morgan fingerprint density at radius 1 is 1.47 bits per heavy atom. The van der Waals surface area contributed by atoms with Gasteiger partial charge in [0.1, 0.15) is 11.3 Å². The maximum atomic E-state index is 11.4. The molecule has 0 aliphatic rings. The number of aromatic carboxylic acids is 1. The summed E-state index contributed by atoms with van der Waals surface area (Å²) in [6, 6.07) is 0. The molecule has 0 saturated heterocycles. The third-order valence-electron chi connectivity index (χ3n) is 2.31. The van der Waals surface area contributed by atoms with Gasteiger partial charge in [0.05, 0.1) is 12.3 Å². The van der Waals surface area contributed by atoms with E-state index in [1.54, 1.807) is 32.3 Å². The zero-order chi connectivity index (χ0) is 14.6. The molecule has 0 unspecified atom stereocenters. The van der Waals surface area contributed by atoms with Crippen LogP contribution in [0.2, 0.25) is 0 Å². The summed E-state index contributed by atoms with van der Waals surface area (Å²) in [4.78, 5) is 25.8. The first-order valence-electron chi connectivity index (χ1n) is 5.90. The largest absolute Gasteiger partial charge is 0.543 e. The number of nitrogens with one attached hydrogen (secondary N) is 1. The van der Waals surface area contributed by atoms with Crippen molar-refractivity contribution in [3.63, 3.8) is 0 Å². The molecule has 1 amide bonds. The molecule has 0 radical (unpaired) electrons. The van der Waals surface area contributed by atoms with E-state index in [1.165, 1.54) is 6.33 Å². The molecule has 1 aromatic heterocycles. The number of imidazole rings is 1. The van der Waals surface area contributed by atoms with Crippen LogP contribution in [0.1, 0.15) is 37.0 Å². The van der Waals surface area contributed by atoms with Crippen LogP contribution in [0.5, 0.6) is 0 Å². The molecule has 1 aromatic rings. The number of hydrogen-bond donors (Lipinski definition) is 1. The van der Waals surface area contributed by atoms with Crippen molar-refractivity contribution in [1.29, 1.82) is 0 Å². The van der Waals surface area contributed by atoms with E-state index < -0.39 is 17.7 Å². The molecule has 1 rings (SSSR count). The van der Waals surface area contributed by atoms with Crippen LogP contribution < -0.4 is 10.4 Å². The fraction of sp³-hybridized carbons (Fsp3) is 0.583. The quantitative estimate of drug-likeness (QED) is 0.834. The second-order valence-electron chi connectivity index (χ2n) is 5.09. The van der Waals surface area contributed by atoms with Crippen molar-refractivity contribution in [2.45, 2.75) is 39.8 Å². The van der Waals surface area contributed by atoms with Crippen LogP contribution in [0.3, 0.4) is 0 Å². The maximum absolute atomic E-state index is 11.4. The number of rotatable bonds is 4. The van der Waals surface area contributed by atoms with Crippen LogP contribution in [0.25, 0.3) is 0 Å². The predicted molar refractivity (Wildman–Crippen MR) is 65.5 cm³/mol. The van der Waals surface area contributed by atoms with Gasteiger partial charge in [0.15, 0.2) is 0 Å². The normalized spacial score (nSPS) is 11.2. The number of hydrogen-bond acceptors (Lipinski definition) is 5. The number of carboxylic acids is 1. The van der Waals surface area contributed by atoms with Crippen molar-refractivity contribution < 1.29 is 19.4 Å². The summed E-state index contributed by atoms with van der Waals surface area (Å²) in [7, 11) is 0. The van der Waals surface area contributed by atoms with Gasteiger partial charge in [-0.25, -0.2) is 9.78 Å².